The van der Waals surface area contributed by atoms with E-state index >= 15 is 0 Å². The van der Waals surface area contributed by atoms with Crippen molar-refractivity contribution in [1.29, 1.82) is 0 Å². The Morgan fingerprint density at radius 1 is 1.11 bits per heavy atom. The fraction of sp³-hybridized carbons (Fsp3) is 0.250. The summed E-state index contributed by atoms with van der Waals surface area (Å²) in [5.74, 6) is -0.198. The van der Waals surface area contributed by atoms with Crippen LogP contribution in [0.15, 0.2) is 48.5 Å². The molecule has 0 amide bonds. The first kappa shape index (κ1) is 14.1. The Morgan fingerprint density at radius 3 is 2.32 bits per heavy atom. The molecule has 0 aliphatic carbocycles. The monoisotopic (exact) mass is 275 g/mol. The minimum atomic E-state index is -0.648. The Labute approximate surface area is 118 Å². The van der Waals surface area contributed by atoms with E-state index in [1.807, 2.05) is 55.5 Å². The Morgan fingerprint density at radius 2 is 1.74 bits per heavy atom. The van der Waals surface area contributed by atoms with Gasteiger partial charge in [0.1, 0.15) is 0 Å². The summed E-state index contributed by atoms with van der Waals surface area (Å²) in [5, 5.41) is 11.2. The highest BCUT2D eigenvalue weighted by Crippen LogP contribution is 2.34. The lowest BCUT2D eigenvalue weighted by Gasteiger charge is -2.23. The fourth-order valence-corrected chi connectivity index (χ4v) is 2.47. The molecule has 19 heavy (non-hydrogen) atoms. The summed E-state index contributed by atoms with van der Waals surface area (Å²) in [4.78, 5) is 0. The molecular formula is C16H18ClNO. The fourth-order valence-electron chi connectivity index (χ4n) is 2.20. The van der Waals surface area contributed by atoms with Gasteiger partial charge in [-0.3, -0.25) is 0 Å². The Kier molecular flexibility index (Phi) is 4.59. The number of aryl methyl sites for hydroxylation is 1. The van der Waals surface area contributed by atoms with Gasteiger partial charge in [0.2, 0.25) is 0 Å². The van der Waals surface area contributed by atoms with Crippen LogP contribution < -0.4 is 5.73 Å². The molecule has 2 rings (SSSR count). The maximum Gasteiger partial charge on any atom is 0.0871 e. The zero-order chi connectivity index (χ0) is 13.8. The first-order valence-corrected chi connectivity index (χ1v) is 6.70. The van der Waals surface area contributed by atoms with E-state index in [4.69, 9.17) is 17.3 Å². The van der Waals surface area contributed by atoms with Crippen molar-refractivity contribution in [2.75, 3.05) is 6.54 Å². The summed E-state index contributed by atoms with van der Waals surface area (Å²) >= 11 is 6.19. The molecule has 100 valence electrons. The number of nitrogens with two attached hydrogens (primary N) is 1. The van der Waals surface area contributed by atoms with E-state index in [-0.39, 0.29) is 5.92 Å². The van der Waals surface area contributed by atoms with Gasteiger partial charge in [-0.15, -0.1) is 0 Å². The molecule has 3 N–H and O–H groups in total. The van der Waals surface area contributed by atoms with Gasteiger partial charge in [-0.25, -0.2) is 0 Å². The van der Waals surface area contributed by atoms with Crippen molar-refractivity contribution in [2.45, 2.75) is 18.9 Å². The van der Waals surface area contributed by atoms with E-state index < -0.39 is 6.10 Å². The van der Waals surface area contributed by atoms with Crippen LogP contribution in [0.5, 0.6) is 0 Å². The standard InChI is InChI=1S/C16H18ClNO/c1-11-6-8-12(9-7-11)16(19)14(10-18)13-4-2-3-5-15(13)17/h2-9,14,16,19H,10,18H2,1H3. The van der Waals surface area contributed by atoms with E-state index in [1.54, 1.807) is 0 Å². The summed E-state index contributed by atoms with van der Waals surface area (Å²) < 4.78 is 0. The number of hydrogen-bond acceptors (Lipinski definition) is 2. The lowest BCUT2D eigenvalue weighted by molar-refractivity contribution is 0.147. The molecule has 0 radical (unpaired) electrons. The van der Waals surface area contributed by atoms with Gasteiger partial charge >= 0.3 is 0 Å². The zero-order valence-electron chi connectivity index (χ0n) is 10.9. The van der Waals surface area contributed by atoms with E-state index in [2.05, 4.69) is 0 Å². The summed E-state index contributed by atoms with van der Waals surface area (Å²) in [6.07, 6.45) is -0.648. The molecule has 2 aromatic rings. The second-order valence-corrected chi connectivity index (χ2v) is 5.13. The summed E-state index contributed by atoms with van der Waals surface area (Å²) in [5.41, 5.74) is 8.74. The van der Waals surface area contributed by atoms with Crippen LogP contribution in [0.4, 0.5) is 0 Å². The van der Waals surface area contributed by atoms with Crippen LogP contribution in [0.25, 0.3) is 0 Å². The summed E-state index contributed by atoms with van der Waals surface area (Å²) in [7, 11) is 0. The molecule has 0 bridgehead atoms. The van der Waals surface area contributed by atoms with Crippen LogP contribution in [0.3, 0.4) is 0 Å². The van der Waals surface area contributed by atoms with Gasteiger partial charge in [0.25, 0.3) is 0 Å². The van der Waals surface area contributed by atoms with Gasteiger partial charge in [0.15, 0.2) is 0 Å². The summed E-state index contributed by atoms with van der Waals surface area (Å²) in [6, 6.07) is 15.3. The van der Waals surface area contributed by atoms with Crippen molar-refractivity contribution in [2.24, 2.45) is 5.73 Å². The average molecular weight is 276 g/mol. The molecule has 0 saturated heterocycles. The SMILES string of the molecule is Cc1ccc(C(O)C(CN)c2ccccc2Cl)cc1. The number of aliphatic hydroxyl groups is 1. The van der Waals surface area contributed by atoms with Gasteiger partial charge in [-0.2, -0.15) is 0 Å². The van der Waals surface area contributed by atoms with E-state index in [0.717, 1.165) is 16.7 Å². The Balaban J connectivity index is 2.32. The van der Waals surface area contributed by atoms with Crippen molar-refractivity contribution in [3.63, 3.8) is 0 Å². The van der Waals surface area contributed by atoms with Crippen LogP contribution in [0.2, 0.25) is 5.02 Å². The normalized spacial score (nSPS) is 14.1. The third-order valence-corrected chi connectivity index (χ3v) is 3.70. The maximum absolute atomic E-state index is 10.5. The molecule has 3 heteroatoms. The topological polar surface area (TPSA) is 46.2 Å². The largest absolute Gasteiger partial charge is 0.388 e. The predicted octanol–water partition coefficient (Wildman–Crippen LogP) is 3.42. The molecule has 0 heterocycles. The quantitative estimate of drug-likeness (QED) is 0.898. The minimum absolute atomic E-state index is 0.198. The third-order valence-electron chi connectivity index (χ3n) is 3.36. The minimum Gasteiger partial charge on any atom is -0.388 e. The predicted molar refractivity (Wildman–Crippen MR) is 79.4 cm³/mol. The van der Waals surface area contributed by atoms with E-state index in [1.165, 1.54) is 0 Å². The number of rotatable bonds is 4. The molecule has 2 nitrogen and oxygen atoms in total. The molecule has 0 aliphatic heterocycles. The van der Waals surface area contributed by atoms with Crippen molar-refractivity contribution in [3.05, 3.63) is 70.2 Å². The highest BCUT2D eigenvalue weighted by molar-refractivity contribution is 6.31. The molecule has 0 saturated carbocycles. The average Bonchev–Trinajstić information content (AvgIpc) is 2.42. The van der Waals surface area contributed by atoms with Crippen LogP contribution in [0, 0.1) is 6.92 Å². The molecule has 0 aromatic heterocycles. The second kappa shape index (κ2) is 6.20. The van der Waals surface area contributed by atoms with Gasteiger partial charge < -0.3 is 10.8 Å². The van der Waals surface area contributed by atoms with Crippen molar-refractivity contribution >= 4 is 11.6 Å². The van der Waals surface area contributed by atoms with Crippen LogP contribution in [-0.4, -0.2) is 11.7 Å². The number of hydrogen-bond donors (Lipinski definition) is 2. The number of halogens is 1. The highest BCUT2D eigenvalue weighted by atomic mass is 35.5. The molecule has 2 unspecified atom stereocenters. The van der Waals surface area contributed by atoms with Crippen LogP contribution in [0.1, 0.15) is 28.7 Å². The Bertz CT molecular complexity index is 539. The molecule has 0 aliphatic rings. The smallest absolute Gasteiger partial charge is 0.0871 e. The molecule has 2 atom stereocenters. The third kappa shape index (κ3) is 3.16. The second-order valence-electron chi connectivity index (χ2n) is 4.72. The van der Waals surface area contributed by atoms with Gasteiger partial charge in [0.05, 0.1) is 6.10 Å². The van der Waals surface area contributed by atoms with Gasteiger partial charge in [-0.1, -0.05) is 59.6 Å². The molecule has 2 aromatic carbocycles. The van der Waals surface area contributed by atoms with E-state index in [0.29, 0.717) is 11.6 Å². The lowest BCUT2D eigenvalue weighted by atomic mass is 9.89. The van der Waals surface area contributed by atoms with E-state index in [9.17, 15) is 5.11 Å². The van der Waals surface area contributed by atoms with Crippen LogP contribution >= 0.6 is 11.6 Å². The molecule has 0 fully saturated rings. The summed E-state index contributed by atoms with van der Waals surface area (Å²) in [6.45, 7) is 2.36. The maximum atomic E-state index is 10.5. The van der Waals surface area contributed by atoms with Crippen molar-refractivity contribution in [3.8, 4) is 0 Å². The first-order chi connectivity index (χ1) is 9.13. The Hall–Kier alpha value is -1.35. The van der Waals surface area contributed by atoms with Gasteiger partial charge in [-0.05, 0) is 24.1 Å². The van der Waals surface area contributed by atoms with Crippen molar-refractivity contribution in [1.82, 2.24) is 0 Å². The van der Waals surface area contributed by atoms with Crippen LogP contribution in [-0.2, 0) is 0 Å². The van der Waals surface area contributed by atoms with Crippen molar-refractivity contribution < 1.29 is 5.11 Å². The molecular weight excluding hydrogens is 258 g/mol. The number of aliphatic hydroxyl groups excluding tert-OH is 1. The van der Waals surface area contributed by atoms with Gasteiger partial charge in [0, 0.05) is 17.5 Å². The lowest BCUT2D eigenvalue weighted by Crippen LogP contribution is -2.20. The highest BCUT2D eigenvalue weighted by Gasteiger charge is 2.23. The zero-order valence-corrected chi connectivity index (χ0v) is 11.6. The first-order valence-electron chi connectivity index (χ1n) is 6.32. The molecule has 0 spiro atoms. The number of benzene rings is 2.